The summed E-state index contributed by atoms with van der Waals surface area (Å²) < 4.78 is 1.28. The fourth-order valence-corrected chi connectivity index (χ4v) is 1.42. The first-order valence-electron chi connectivity index (χ1n) is 4.22. The lowest BCUT2D eigenvalue weighted by molar-refractivity contribution is -0.383. The third-order valence-electron chi connectivity index (χ3n) is 2.09. The van der Waals surface area contributed by atoms with Crippen LogP contribution < -0.4 is 0 Å². The number of nitro benzene ring substituents is 1. The zero-order valence-electron chi connectivity index (χ0n) is 7.88. The van der Waals surface area contributed by atoms with Crippen molar-refractivity contribution in [2.45, 2.75) is 6.92 Å². The Labute approximate surface area is 84.3 Å². The fraction of sp³-hybridized carbons (Fsp3) is 0.111. The minimum atomic E-state index is -0.514. The van der Waals surface area contributed by atoms with Gasteiger partial charge in [0, 0.05) is 13.0 Å². The summed E-state index contributed by atoms with van der Waals surface area (Å²) in [7, 11) is 0. The molecule has 2 aromatic rings. The first kappa shape index (κ1) is 9.32. The van der Waals surface area contributed by atoms with Crippen molar-refractivity contribution in [3.05, 3.63) is 34.6 Å². The normalized spacial score (nSPS) is 10.5. The zero-order chi connectivity index (χ0) is 11.0. The van der Waals surface area contributed by atoms with Crippen molar-refractivity contribution in [2.24, 2.45) is 0 Å². The number of benzene rings is 1. The van der Waals surface area contributed by atoms with E-state index in [1.165, 1.54) is 30.0 Å². The number of imidazole rings is 1. The number of rotatable bonds is 1. The SMILES string of the molecule is CC(=O)n1cnc2c([N+](=O)[O-])cccc21. The van der Waals surface area contributed by atoms with E-state index in [0.29, 0.717) is 5.52 Å². The lowest BCUT2D eigenvalue weighted by Gasteiger charge is -1.96. The highest BCUT2D eigenvalue weighted by Crippen LogP contribution is 2.23. The Morgan fingerprint density at radius 1 is 1.53 bits per heavy atom. The molecule has 6 nitrogen and oxygen atoms in total. The van der Waals surface area contributed by atoms with Crippen LogP contribution in [-0.4, -0.2) is 20.4 Å². The summed E-state index contributed by atoms with van der Waals surface area (Å²) in [4.78, 5) is 25.2. The van der Waals surface area contributed by atoms with Gasteiger partial charge in [-0.15, -0.1) is 0 Å². The third-order valence-corrected chi connectivity index (χ3v) is 2.09. The molecular formula is C9H7N3O3. The van der Waals surface area contributed by atoms with Crippen LogP contribution in [0.5, 0.6) is 0 Å². The van der Waals surface area contributed by atoms with E-state index >= 15 is 0 Å². The molecule has 15 heavy (non-hydrogen) atoms. The van der Waals surface area contributed by atoms with Gasteiger partial charge >= 0.3 is 0 Å². The van der Waals surface area contributed by atoms with Crippen molar-refractivity contribution in [1.29, 1.82) is 0 Å². The Morgan fingerprint density at radius 2 is 2.27 bits per heavy atom. The van der Waals surface area contributed by atoms with Crippen molar-refractivity contribution in [3.63, 3.8) is 0 Å². The van der Waals surface area contributed by atoms with Crippen molar-refractivity contribution < 1.29 is 9.72 Å². The number of carbonyl (C=O) groups is 1. The van der Waals surface area contributed by atoms with Crippen LogP contribution in [0.15, 0.2) is 24.5 Å². The second kappa shape index (κ2) is 3.16. The van der Waals surface area contributed by atoms with Gasteiger partial charge in [-0.3, -0.25) is 19.5 Å². The van der Waals surface area contributed by atoms with Crippen LogP contribution in [0.3, 0.4) is 0 Å². The predicted molar refractivity (Wildman–Crippen MR) is 52.7 cm³/mol. The molecule has 0 spiro atoms. The summed E-state index contributed by atoms with van der Waals surface area (Å²) in [6.07, 6.45) is 1.29. The molecule has 0 atom stereocenters. The van der Waals surface area contributed by atoms with E-state index in [1.54, 1.807) is 6.07 Å². The molecule has 0 aliphatic heterocycles. The maximum Gasteiger partial charge on any atom is 0.297 e. The predicted octanol–water partition coefficient (Wildman–Crippen LogP) is 1.60. The number of fused-ring (bicyclic) bond motifs is 1. The average Bonchev–Trinajstić information content (AvgIpc) is 2.59. The molecule has 1 aromatic heterocycles. The van der Waals surface area contributed by atoms with E-state index in [0.717, 1.165) is 0 Å². The molecule has 2 rings (SSSR count). The second-order valence-electron chi connectivity index (χ2n) is 3.04. The fourth-order valence-electron chi connectivity index (χ4n) is 1.42. The van der Waals surface area contributed by atoms with Crippen molar-refractivity contribution in [1.82, 2.24) is 9.55 Å². The smallest absolute Gasteiger partial charge is 0.274 e. The quantitative estimate of drug-likeness (QED) is 0.523. The van der Waals surface area contributed by atoms with Gasteiger partial charge in [0.05, 0.1) is 10.4 Å². The van der Waals surface area contributed by atoms with Crippen LogP contribution in [0.25, 0.3) is 11.0 Å². The summed E-state index contributed by atoms with van der Waals surface area (Å²) >= 11 is 0. The Hall–Kier alpha value is -2.24. The van der Waals surface area contributed by atoms with Crippen LogP contribution in [0.2, 0.25) is 0 Å². The summed E-state index contributed by atoms with van der Waals surface area (Å²) in [5.74, 6) is -0.224. The number of nitro groups is 1. The average molecular weight is 205 g/mol. The molecule has 0 aliphatic rings. The highest BCUT2D eigenvalue weighted by atomic mass is 16.6. The van der Waals surface area contributed by atoms with Crippen molar-refractivity contribution >= 4 is 22.6 Å². The van der Waals surface area contributed by atoms with Crippen LogP contribution in [0.4, 0.5) is 5.69 Å². The molecule has 1 heterocycles. The van der Waals surface area contributed by atoms with E-state index in [1.807, 2.05) is 0 Å². The molecule has 0 amide bonds. The maximum atomic E-state index is 11.2. The number of carbonyl (C=O) groups excluding carboxylic acids is 1. The molecule has 0 aliphatic carbocycles. The first-order valence-corrected chi connectivity index (χ1v) is 4.22. The van der Waals surface area contributed by atoms with Gasteiger partial charge < -0.3 is 0 Å². The van der Waals surface area contributed by atoms with E-state index in [4.69, 9.17) is 0 Å². The Morgan fingerprint density at radius 3 is 2.87 bits per heavy atom. The molecule has 6 heteroatoms. The van der Waals surface area contributed by atoms with Gasteiger partial charge in [0.25, 0.3) is 5.69 Å². The first-order chi connectivity index (χ1) is 7.11. The molecule has 0 fully saturated rings. The van der Waals surface area contributed by atoms with Gasteiger partial charge in [-0.05, 0) is 6.07 Å². The van der Waals surface area contributed by atoms with Crippen LogP contribution >= 0.6 is 0 Å². The van der Waals surface area contributed by atoms with E-state index < -0.39 is 4.92 Å². The Kier molecular flexibility index (Phi) is 1.96. The minimum absolute atomic E-state index is 0.0903. The molecule has 0 bridgehead atoms. The van der Waals surface area contributed by atoms with E-state index in [9.17, 15) is 14.9 Å². The molecule has 0 saturated heterocycles. The third kappa shape index (κ3) is 1.35. The summed E-state index contributed by atoms with van der Waals surface area (Å²) in [5, 5.41) is 10.7. The maximum absolute atomic E-state index is 11.2. The number of para-hydroxylation sites is 1. The number of aromatic nitrogens is 2. The molecule has 0 saturated carbocycles. The molecule has 0 radical (unpaired) electrons. The van der Waals surface area contributed by atoms with Crippen LogP contribution in [0, 0.1) is 10.1 Å². The van der Waals surface area contributed by atoms with Crippen LogP contribution in [-0.2, 0) is 0 Å². The molecule has 1 aromatic carbocycles. The monoisotopic (exact) mass is 205 g/mol. The Balaban J connectivity index is 2.80. The topological polar surface area (TPSA) is 78.0 Å². The van der Waals surface area contributed by atoms with Crippen LogP contribution in [0.1, 0.15) is 11.7 Å². The molecular weight excluding hydrogens is 198 g/mol. The zero-order valence-corrected chi connectivity index (χ0v) is 7.88. The summed E-state index contributed by atoms with van der Waals surface area (Å²) in [5.41, 5.74) is 0.599. The van der Waals surface area contributed by atoms with Gasteiger partial charge in [-0.2, -0.15) is 0 Å². The second-order valence-corrected chi connectivity index (χ2v) is 3.04. The minimum Gasteiger partial charge on any atom is -0.274 e. The van der Waals surface area contributed by atoms with Gasteiger partial charge in [0.15, 0.2) is 5.52 Å². The van der Waals surface area contributed by atoms with Crippen molar-refractivity contribution in [3.8, 4) is 0 Å². The Bertz CT molecular complexity index is 559. The van der Waals surface area contributed by atoms with Gasteiger partial charge in [-0.25, -0.2) is 4.98 Å². The lowest BCUT2D eigenvalue weighted by Crippen LogP contribution is -2.02. The standard InChI is InChI=1S/C9H7N3O3/c1-6(13)11-5-10-9-7(11)3-2-4-8(9)12(14)15/h2-5H,1H3. The molecule has 76 valence electrons. The highest BCUT2D eigenvalue weighted by Gasteiger charge is 2.16. The summed E-state index contributed by atoms with van der Waals surface area (Å²) in [6.45, 7) is 1.37. The number of non-ortho nitro benzene ring substituents is 1. The number of hydrogen-bond acceptors (Lipinski definition) is 4. The van der Waals surface area contributed by atoms with Gasteiger partial charge in [0.2, 0.25) is 5.91 Å². The number of nitrogens with zero attached hydrogens (tertiary/aromatic N) is 3. The van der Waals surface area contributed by atoms with E-state index in [2.05, 4.69) is 4.98 Å². The van der Waals surface area contributed by atoms with Gasteiger partial charge in [-0.1, -0.05) is 6.07 Å². The molecule has 0 unspecified atom stereocenters. The lowest BCUT2D eigenvalue weighted by atomic mass is 10.2. The largest absolute Gasteiger partial charge is 0.297 e. The number of hydrogen-bond donors (Lipinski definition) is 0. The molecule has 0 N–H and O–H groups in total. The highest BCUT2D eigenvalue weighted by molar-refractivity contribution is 5.92. The van der Waals surface area contributed by atoms with Crippen molar-refractivity contribution in [2.75, 3.05) is 0 Å². The van der Waals surface area contributed by atoms with Gasteiger partial charge in [0.1, 0.15) is 6.33 Å². The van der Waals surface area contributed by atoms with E-state index in [-0.39, 0.29) is 17.1 Å². The summed E-state index contributed by atoms with van der Waals surface area (Å²) in [6, 6.07) is 4.51.